The molecule has 1 aliphatic carbocycles. The largest absolute Gasteiger partial charge is 0.109 e. The van der Waals surface area contributed by atoms with Crippen LogP contribution >= 0.6 is 23.5 Å². The highest BCUT2D eigenvalue weighted by atomic mass is 79.9. The van der Waals surface area contributed by atoms with Crippen molar-refractivity contribution in [2.75, 3.05) is 0 Å². The van der Waals surface area contributed by atoms with Crippen LogP contribution in [-0.2, 0) is 13.1 Å². The number of hydrogen-bond donors (Lipinski definition) is 0. The maximum absolute atomic E-state index is 3.60. The Kier molecular flexibility index (Phi) is 1.74. The van der Waals surface area contributed by atoms with E-state index in [0.29, 0.717) is 0 Å². The van der Waals surface area contributed by atoms with Crippen LogP contribution in [0.1, 0.15) is 17.8 Å². The first-order chi connectivity index (χ1) is 5.18. The molecule has 0 saturated carbocycles. The molecule has 0 aromatic carbocycles. The fourth-order valence-electron chi connectivity index (χ4n) is 1.56. The maximum atomic E-state index is 3.60. The van der Waals surface area contributed by atoms with Gasteiger partial charge in [0.2, 0.25) is 0 Å². The Hall–Kier alpha value is -0.0000000000000000555. The standard InChI is InChI=1S/C9H10BrP/c1-6-3-7-5-9(10)11(2)8(7)4-6/h3,5H,4H2,1-2H3. The van der Waals surface area contributed by atoms with E-state index in [1.54, 1.807) is 5.30 Å². The molecule has 1 heterocycles. The fraction of sp³-hybridized carbons (Fsp3) is 0.333. The van der Waals surface area contributed by atoms with E-state index in [1.165, 1.54) is 21.8 Å². The van der Waals surface area contributed by atoms with Gasteiger partial charge >= 0.3 is 0 Å². The molecule has 1 unspecified atom stereocenters. The van der Waals surface area contributed by atoms with Crippen molar-refractivity contribution in [3.8, 4) is 0 Å². The Morgan fingerprint density at radius 1 is 1.55 bits per heavy atom. The number of halogens is 1. The number of fused-ring (bicyclic) bond motifs is 1. The summed E-state index contributed by atoms with van der Waals surface area (Å²) >= 11 is 3.60. The molecule has 2 heteroatoms. The molecule has 1 atom stereocenters. The van der Waals surface area contributed by atoms with Crippen molar-refractivity contribution < 1.29 is 0 Å². The van der Waals surface area contributed by atoms with Gasteiger partial charge in [-0.15, -0.1) is 7.53 Å². The first-order valence-corrected chi connectivity index (χ1v) is 6.28. The molecule has 58 valence electrons. The number of hydrogen-bond acceptors (Lipinski definition) is 0. The van der Waals surface area contributed by atoms with Crippen LogP contribution in [-0.4, -0.2) is 0 Å². The molecule has 0 N–H and O–H groups in total. The fourth-order valence-corrected chi connectivity index (χ4v) is 4.04. The Morgan fingerprint density at radius 3 is 2.91 bits per heavy atom. The third-order valence-corrected chi connectivity index (χ3v) is 6.00. The van der Waals surface area contributed by atoms with E-state index in [9.17, 15) is 0 Å². The zero-order valence-electron chi connectivity index (χ0n) is 6.69. The van der Waals surface area contributed by atoms with Gasteiger partial charge in [-0.05, 0) is 52.9 Å². The third kappa shape index (κ3) is 1.11. The topological polar surface area (TPSA) is 0 Å². The van der Waals surface area contributed by atoms with Crippen LogP contribution in [0.3, 0.4) is 0 Å². The van der Waals surface area contributed by atoms with Gasteiger partial charge in [0.1, 0.15) is 0 Å². The van der Waals surface area contributed by atoms with Crippen LogP contribution in [0.4, 0.5) is 0 Å². The first kappa shape index (κ1) is 7.64. The lowest BCUT2D eigenvalue weighted by Crippen LogP contribution is -1.73. The van der Waals surface area contributed by atoms with Crippen molar-refractivity contribution in [2.24, 2.45) is 6.66 Å². The molecule has 0 amide bonds. The molecule has 11 heavy (non-hydrogen) atoms. The minimum absolute atomic E-state index is 0.0121. The Morgan fingerprint density at radius 2 is 2.27 bits per heavy atom. The molecular weight excluding hydrogens is 219 g/mol. The first-order valence-electron chi connectivity index (χ1n) is 3.70. The third-order valence-electron chi connectivity index (χ3n) is 2.18. The second-order valence-electron chi connectivity index (χ2n) is 3.10. The molecular formula is C9H10BrP. The predicted molar refractivity (Wildman–Crippen MR) is 55.2 cm³/mol. The van der Waals surface area contributed by atoms with Gasteiger partial charge in [0, 0.05) is 4.20 Å². The summed E-state index contributed by atoms with van der Waals surface area (Å²) in [7, 11) is 0.0121. The van der Waals surface area contributed by atoms with E-state index in [2.05, 4.69) is 41.7 Å². The SMILES string of the molecule is CC1=Cc2cc(Br)p(C)c2C1. The molecule has 0 radical (unpaired) electrons. The van der Waals surface area contributed by atoms with Crippen molar-refractivity contribution in [3.63, 3.8) is 0 Å². The summed E-state index contributed by atoms with van der Waals surface area (Å²) < 4.78 is 1.40. The second kappa shape index (κ2) is 2.50. The van der Waals surface area contributed by atoms with E-state index < -0.39 is 0 Å². The highest BCUT2D eigenvalue weighted by molar-refractivity contribution is 9.11. The van der Waals surface area contributed by atoms with Gasteiger partial charge in [-0.25, -0.2) is 0 Å². The monoisotopic (exact) mass is 228 g/mol. The summed E-state index contributed by atoms with van der Waals surface area (Å²) in [4.78, 5) is 0. The molecule has 0 aliphatic heterocycles. The van der Waals surface area contributed by atoms with Crippen molar-refractivity contribution in [2.45, 2.75) is 13.3 Å². The summed E-state index contributed by atoms with van der Waals surface area (Å²) in [6.45, 7) is 4.54. The Bertz CT molecular complexity index is 334. The molecule has 1 aromatic heterocycles. The second-order valence-corrected chi connectivity index (χ2v) is 6.70. The zero-order chi connectivity index (χ0) is 8.01. The van der Waals surface area contributed by atoms with E-state index in [-0.39, 0.29) is 7.53 Å². The molecule has 0 fully saturated rings. The van der Waals surface area contributed by atoms with Gasteiger partial charge < -0.3 is 0 Å². The van der Waals surface area contributed by atoms with Crippen molar-refractivity contribution >= 4 is 29.5 Å². The molecule has 1 aromatic rings. The Labute approximate surface area is 76.5 Å². The van der Waals surface area contributed by atoms with Crippen LogP contribution in [0.2, 0.25) is 0 Å². The Balaban J connectivity index is 2.59. The van der Waals surface area contributed by atoms with E-state index in [4.69, 9.17) is 0 Å². The molecule has 2 rings (SSSR count). The van der Waals surface area contributed by atoms with Crippen molar-refractivity contribution in [1.82, 2.24) is 0 Å². The zero-order valence-corrected chi connectivity index (χ0v) is 9.17. The average molecular weight is 229 g/mol. The van der Waals surface area contributed by atoms with Crippen molar-refractivity contribution in [1.29, 1.82) is 0 Å². The average Bonchev–Trinajstić information content (AvgIpc) is 2.37. The number of rotatable bonds is 0. The minimum Gasteiger partial charge on any atom is -0.109 e. The van der Waals surface area contributed by atoms with Crippen LogP contribution in [0.5, 0.6) is 0 Å². The van der Waals surface area contributed by atoms with Gasteiger partial charge in [0.25, 0.3) is 0 Å². The molecule has 0 nitrogen and oxygen atoms in total. The normalized spacial score (nSPS) is 16.6. The summed E-state index contributed by atoms with van der Waals surface area (Å²) in [6.07, 6.45) is 3.52. The van der Waals surface area contributed by atoms with Crippen LogP contribution in [0.15, 0.2) is 15.8 Å². The predicted octanol–water partition coefficient (Wildman–Crippen LogP) is 3.93. The lowest BCUT2D eigenvalue weighted by Gasteiger charge is -1.95. The van der Waals surface area contributed by atoms with E-state index in [0.717, 1.165) is 0 Å². The lowest BCUT2D eigenvalue weighted by molar-refractivity contribution is 1.23. The highest BCUT2D eigenvalue weighted by Gasteiger charge is 2.15. The van der Waals surface area contributed by atoms with Crippen LogP contribution < -0.4 is 0 Å². The molecule has 0 bridgehead atoms. The lowest BCUT2D eigenvalue weighted by atomic mass is 10.3. The highest BCUT2D eigenvalue weighted by Crippen LogP contribution is 2.47. The molecule has 0 spiro atoms. The maximum Gasteiger partial charge on any atom is 0.0373 e. The summed E-state index contributed by atoms with van der Waals surface area (Å²) in [6, 6.07) is 2.28. The van der Waals surface area contributed by atoms with E-state index >= 15 is 0 Å². The van der Waals surface area contributed by atoms with Gasteiger partial charge in [0.15, 0.2) is 0 Å². The van der Waals surface area contributed by atoms with Gasteiger partial charge in [0.05, 0.1) is 0 Å². The molecule has 0 saturated heterocycles. The van der Waals surface area contributed by atoms with Crippen LogP contribution in [0, 0.1) is 0 Å². The smallest absolute Gasteiger partial charge is 0.0373 e. The summed E-state index contributed by atoms with van der Waals surface area (Å²) in [5.41, 5.74) is 2.99. The number of allylic oxidation sites excluding steroid dienone is 1. The van der Waals surface area contributed by atoms with Gasteiger partial charge in [-0.3, -0.25) is 0 Å². The summed E-state index contributed by atoms with van der Waals surface area (Å²) in [5.74, 6) is 0. The quantitative estimate of drug-likeness (QED) is 0.632. The van der Waals surface area contributed by atoms with Crippen LogP contribution in [0.25, 0.3) is 6.08 Å². The van der Waals surface area contributed by atoms with Gasteiger partial charge in [-0.1, -0.05) is 11.6 Å². The minimum atomic E-state index is 0.0121. The summed E-state index contributed by atoms with van der Waals surface area (Å²) in [5, 5.41) is 1.66. The van der Waals surface area contributed by atoms with Gasteiger partial charge in [-0.2, -0.15) is 0 Å². The van der Waals surface area contributed by atoms with Crippen molar-refractivity contribution in [3.05, 3.63) is 26.7 Å². The van der Waals surface area contributed by atoms with E-state index in [1.807, 2.05) is 0 Å². The molecule has 1 aliphatic rings.